The Morgan fingerprint density at radius 2 is 2.11 bits per heavy atom. The molecule has 0 spiro atoms. The van der Waals surface area contributed by atoms with E-state index in [-0.39, 0.29) is 5.91 Å². The second-order valence-electron chi connectivity index (χ2n) is 6.19. The molecule has 3 aromatic heterocycles. The van der Waals surface area contributed by atoms with Gasteiger partial charge in [-0.3, -0.25) is 4.79 Å². The first kappa shape index (κ1) is 17.2. The summed E-state index contributed by atoms with van der Waals surface area (Å²) in [5.41, 5.74) is 1.08. The van der Waals surface area contributed by atoms with Crippen molar-refractivity contribution in [3.8, 4) is 16.8 Å². The second kappa shape index (κ2) is 7.21. The molecule has 1 aliphatic rings. The summed E-state index contributed by atoms with van der Waals surface area (Å²) >= 11 is 1.46. The first-order chi connectivity index (χ1) is 13.2. The van der Waals surface area contributed by atoms with Crippen LogP contribution in [0.25, 0.3) is 10.8 Å². The summed E-state index contributed by atoms with van der Waals surface area (Å²) in [5.74, 6) is 1.39. The summed E-state index contributed by atoms with van der Waals surface area (Å²) in [4.78, 5) is 26.5. The summed E-state index contributed by atoms with van der Waals surface area (Å²) < 4.78 is 5.38. The van der Waals surface area contributed by atoms with Gasteiger partial charge in [0.2, 0.25) is 0 Å². The molecule has 0 unspecified atom stereocenters. The first-order valence-electron chi connectivity index (χ1n) is 8.57. The summed E-state index contributed by atoms with van der Waals surface area (Å²) in [6.45, 7) is 4.42. The molecule has 7 nitrogen and oxygen atoms in total. The minimum Gasteiger partial charge on any atom is -0.462 e. The third-order valence-corrected chi connectivity index (χ3v) is 5.48. The maximum atomic E-state index is 12.9. The number of pyridine rings is 1. The zero-order chi connectivity index (χ0) is 18.8. The van der Waals surface area contributed by atoms with Crippen molar-refractivity contribution in [2.24, 2.45) is 0 Å². The lowest BCUT2D eigenvalue weighted by Crippen LogP contribution is -2.49. The number of amides is 1. The SMILES string of the molecule is Cc1sc(-c2ccco2)nc1C(=O)N1CCN(c2cc(C#N)ccn2)CC1. The van der Waals surface area contributed by atoms with Crippen LogP contribution in [-0.4, -0.2) is 47.0 Å². The third-order valence-electron chi connectivity index (χ3n) is 4.50. The molecule has 136 valence electrons. The molecule has 0 radical (unpaired) electrons. The van der Waals surface area contributed by atoms with Crippen LogP contribution in [0.4, 0.5) is 5.82 Å². The topological polar surface area (TPSA) is 86.3 Å². The van der Waals surface area contributed by atoms with Crippen LogP contribution in [0, 0.1) is 18.3 Å². The van der Waals surface area contributed by atoms with Gasteiger partial charge in [0.1, 0.15) is 11.5 Å². The fourth-order valence-electron chi connectivity index (χ4n) is 3.05. The Labute approximate surface area is 160 Å². The van der Waals surface area contributed by atoms with Gasteiger partial charge in [0.25, 0.3) is 5.91 Å². The van der Waals surface area contributed by atoms with Crippen LogP contribution in [-0.2, 0) is 0 Å². The van der Waals surface area contributed by atoms with Crippen molar-refractivity contribution < 1.29 is 9.21 Å². The molecule has 0 N–H and O–H groups in total. The number of nitriles is 1. The molecule has 8 heteroatoms. The van der Waals surface area contributed by atoms with Crippen LogP contribution < -0.4 is 4.90 Å². The van der Waals surface area contributed by atoms with Crippen LogP contribution in [0.2, 0.25) is 0 Å². The normalized spacial score (nSPS) is 14.2. The van der Waals surface area contributed by atoms with Crippen molar-refractivity contribution in [3.05, 3.63) is 52.9 Å². The number of aromatic nitrogens is 2. The highest BCUT2D eigenvalue weighted by molar-refractivity contribution is 7.15. The van der Waals surface area contributed by atoms with E-state index in [4.69, 9.17) is 9.68 Å². The molecule has 0 saturated carbocycles. The highest BCUT2D eigenvalue weighted by Gasteiger charge is 2.26. The Morgan fingerprint density at radius 1 is 1.30 bits per heavy atom. The number of hydrogen-bond donors (Lipinski definition) is 0. The molecular formula is C19H17N5O2S. The number of carbonyl (C=O) groups is 1. The highest BCUT2D eigenvalue weighted by Crippen LogP contribution is 2.29. The lowest BCUT2D eigenvalue weighted by molar-refractivity contribution is 0.0741. The van der Waals surface area contributed by atoms with E-state index in [2.05, 4.69) is 20.9 Å². The van der Waals surface area contributed by atoms with E-state index in [0.717, 1.165) is 15.7 Å². The van der Waals surface area contributed by atoms with Crippen molar-refractivity contribution >= 4 is 23.1 Å². The molecule has 4 rings (SSSR count). The predicted molar refractivity (Wildman–Crippen MR) is 102 cm³/mol. The quantitative estimate of drug-likeness (QED) is 0.695. The fraction of sp³-hybridized carbons (Fsp3) is 0.263. The third kappa shape index (κ3) is 3.41. The Hall–Kier alpha value is -3.18. The van der Waals surface area contributed by atoms with Crippen molar-refractivity contribution in [3.63, 3.8) is 0 Å². The van der Waals surface area contributed by atoms with Gasteiger partial charge in [-0.2, -0.15) is 5.26 Å². The number of thiazole rings is 1. The average Bonchev–Trinajstić information content (AvgIpc) is 3.37. The lowest BCUT2D eigenvalue weighted by atomic mass is 10.2. The maximum Gasteiger partial charge on any atom is 0.273 e. The molecule has 0 bridgehead atoms. The summed E-state index contributed by atoms with van der Waals surface area (Å²) in [6, 6.07) is 9.24. The number of rotatable bonds is 3. The van der Waals surface area contributed by atoms with Crippen LogP contribution >= 0.6 is 11.3 Å². The van der Waals surface area contributed by atoms with Gasteiger partial charge in [-0.25, -0.2) is 9.97 Å². The van der Waals surface area contributed by atoms with Crippen LogP contribution in [0.5, 0.6) is 0 Å². The van der Waals surface area contributed by atoms with E-state index in [1.165, 1.54) is 11.3 Å². The summed E-state index contributed by atoms with van der Waals surface area (Å²) in [5, 5.41) is 9.76. The zero-order valence-electron chi connectivity index (χ0n) is 14.8. The molecule has 3 aromatic rings. The lowest BCUT2D eigenvalue weighted by Gasteiger charge is -2.35. The van der Waals surface area contributed by atoms with E-state index >= 15 is 0 Å². The number of hydrogen-bond acceptors (Lipinski definition) is 7. The number of anilines is 1. The molecule has 1 amide bonds. The van der Waals surface area contributed by atoms with E-state index in [9.17, 15) is 4.79 Å². The van der Waals surface area contributed by atoms with E-state index in [1.54, 1.807) is 24.6 Å². The van der Waals surface area contributed by atoms with Crippen molar-refractivity contribution in [1.82, 2.24) is 14.9 Å². The maximum absolute atomic E-state index is 12.9. The molecule has 0 aliphatic carbocycles. The molecular weight excluding hydrogens is 362 g/mol. The molecule has 0 atom stereocenters. The standard InChI is InChI=1S/C19H17N5O2S/c1-13-17(22-18(27-13)15-3-2-10-26-15)19(25)24-8-6-23(7-9-24)16-11-14(12-20)4-5-21-16/h2-5,10-11H,6-9H2,1H3. The summed E-state index contributed by atoms with van der Waals surface area (Å²) in [7, 11) is 0. The fourth-order valence-corrected chi connectivity index (χ4v) is 3.92. The van der Waals surface area contributed by atoms with Gasteiger partial charge < -0.3 is 14.2 Å². The number of nitrogens with zero attached hydrogens (tertiary/aromatic N) is 5. The van der Waals surface area contributed by atoms with Crippen LogP contribution in [0.3, 0.4) is 0 Å². The van der Waals surface area contributed by atoms with Gasteiger partial charge in [0.15, 0.2) is 10.8 Å². The minimum absolute atomic E-state index is 0.0556. The van der Waals surface area contributed by atoms with Crippen molar-refractivity contribution in [2.45, 2.75) is 6.92 Å². The molecule has 1 aliphatic heterocycles. The molecule has 4 heterocycles. The second-order valence-corrected chi connectivity index (χ2v) is 7.40. The average molecular weight is 379 g/mol. The van der Waals surface area contributed by atoms with Gasteiger partial charge in [-0.05, 0) is 31.2 Å². The van der Waals surface area contributed by atoms with E-state index in [0.29, 0.717) is 43.2 Å². The van der Waals surface area contributed by atoms with Crippen LogP contribution in [0.1, 0.15) is 20.9 Å². The van der Waals surface area contributed by atoms with E-state index in [1.807, 2.05) is 24.0 Å². The van der Waals surface area contributed by atoms with Crippen LogP contribution in [0.15, 0.2) is 41.1 Å². The Balaban J connectivity index is 1.45. The summed E-state index contributed by atoms with van der Waals surface area (Å²) in [6.07, 6.45) is 3.24. The van der Waals surface area contributed by atoms with Gasteiger partial charge in [-0.15, -0.1) is 11.3 Å². The Morgan fingerprint density at radius 3 is 2.81 bits per heavy atom. The number of piperazine rings is 1. The number of carbonyl (C=O) groups excluding carboxylic acids is 1. The van der Waals surface area contributed by atoms with Gasteiger partial charge >= 0.3 is 0 Å². The Kier molecular flexibility index (Phi) is 4.60. The van der Waals surface area contributed by atoms with Crippen molar-refractivity contribution in [2.75, 3.05) is 31.1 Å². The van der Waals surface area contributed by atoms with Gasteiger partial charge in [0, 0.05) is 37.3 Å². The van der Waals surface area contributed by atoms with E-state index < -0.39 is 0 Å². The number of furan rings is 1. The first-order valence-corrected chi connectivity index (χ1v) is 9.39. The molecule has 1 saturated heterocycles. The number of aryl methyl sites for hydroxylation is 1. The monoisotopic (exact) mass is 379 g/mol. The molecule has 27 heavy (non-hydrogen) atoms. The largest absolute Gasteiger partial charge is 0.462 e. The molecule has 1 fully saturated rings. The smallest absolute Gasteiger partial charge is 0.273 e. The minimum atomic E-state index is -0.0556. The molecule has 0 aromatic carbocycles. The van der Waals surface area contributed by atoms with Gasteiger partial charge in [0.05, 0.1) is 17.9 Å². The van der Waals surface area contributed by atoms with Gasteiger partial charge in [-0.1, -0.05) is 0 Å². The predicted octanol–water partition coefficient (Wildman–Crippen LogP) is 2.94. The van der Waals surface area contributed by atoms with Crippen molar-refractivity contribution in [1.29, 1.82) is 5.26 Å². The Bertz CT molecular complexity index is 998. The highest BCUT2D eigenvalue weighted by atomic mass is 32.1. The zero-order valence-corrected chi connectivity index (χ0v) is 15.6.